The summed E-state index contributed by atoms with van der Waals surface area (Å²) in [7, 11) is 3.03. The lowest BCUT2D eigenvalue weighted by Gasteiger charge is -2.22. The summed E-state index contributed by atoms with van der Waals surface area (Å²) in [6.07, 6.45) is 4.50. The fourth-order valence-corrected chi connectivity index (χ4v) is 2.45. The van der Waals surface area contributed by atoms with Crippen molar-refractivity contribution in [3.05, 3.63) is 48.1 Å². The number of allylic oxidation sites excluding steroid dienone is 3. The van der Waals surface area contributed by atoms with Gasteiger partial charge in [0.25, 0.3) is 0 Å². The van der Waals surface area contributed by atoms with Gasteiger partial charge in [-0.3, -0.25) is 4.79 Å². The molecule has 0 spiro atoms. The number of ketones is 1. The average Bonchev–Trinajstić information content (AvgIpc) is 2.65. The third-order valence-corrected chi connectivity index (χ3v) is 3.54. The highest BCUT2D eigenvalue weighted by molar-refractivity contribution is 6.07. The number of methoxy groups -OCH3 is 2. The molecule has 0 saturated carbocycles. The summed E-state index contributed by atoms with van der Waals surface area (Å²) in [4.78, 5) is 24.3. The van der Waals surface area contributed by atoms with Crippen molar-refractivity contribution in [2.75, 3.05) is 14.2 Å². The number of ether oxygens (including phenoxy) is 3. The van der Waals surface area contributed by atoms with Crippen LogP contribution in [0.1, 0.15) is 57.5 Å². The van der Waals surface area contributed by atoms with Gasteiger partial charge in [0, 0.05) is 6.04 Å². The molecule has 1 atom stereocenters. The highest BCUT2D eigenvalue weighted by Gasteiger charge is 2.20. The summed E-state index contributed by atoms with van der Waals surface area (Å²) >= 11 is 0. The number of hydrogen-bond acceptors (Lipinski definition) is 5. The average molecular weight is 406 g/mol. The molecule has 1 unspecified atom stereocenters. The summed E-state index contributed by atoms with van der Waals surface area (Å²) in [5.41, 5.74) is 0.636. The van der Waals surface area contributed by atoms with E-state index in [2.05, 4.69) is 11.9 Å². The van der Waals surface area contributed by atoms with E-state index in [9.17, 15) is 9.59 Å². The normalized spacial score (nSPS) is 11.7. The van der Waals surface area contributed by atoms with E-state index in [-0.39, 0.29) is 11.8 Å². The Morgan fingerprint density at radius 2 is 1.72 bits per heavy atom. The molecule has 29 heavy (non-hydrogen) atoms. The summed E-state index contributed by atoms with van der Waals surface area (Å²) < 4.78 is 16.1. The van der Waals surface area contributed by atoms with Crippen LogP contribution in [0, 0.1) is 0 Å². The van der Waals surface area contributed by atoms with E-state index in [4.69, 9.17) is 14.2 Å². The van der Waals surface area contributed by atoms with Crippen LogP contribution in [0.4, 0.5) is 4.79 Å². The molecule has 1 amide bonds. The molecule has 0 bridgehead atoms. The second kappa shape index (κ2) is 12.6. The molecular weight excluding hydrogens is 370 g/mol. The Morgan fingerprint density at radius 1 is 1.14 bits per heavy atom. The Bertz CT molecular complexity index is 717. The van der Waals surface area contributed by atoms with Crippen LogP contribution in [0.2, 0.25) is 0 Å². The number of rotatable bonds is 8. The highest BCUT2D eigenvalue weighted by Crippen LogP contribution is 2.30. The third kappa shape index (κ3) is 9.32. The lowest BCUT2D eigenvalue weighted by atomic mass is 10.0. The Balaban J connectivity index is 0.00000379. The molecular formula is C23H35NO5. The van der Waals surface area contributed by atoms with Gasteiger partial charge in [-0.05, 0) is 57.9 Å². The van der Waals surface area contributed by atoms with Gasteiger partial charge in [0.1, 0.15) is 17.1 Å². The molecule has 0 aliphatic carbocycles. The van der Waals surface area contributed by atoms with Crippen molar-refractivity contribution in [3.63, 3.8) is 0 Å². The maximum atomic E-state index is 12.3. The van der Waals surface area contributed by atoms with Gasteiger partial charge in [0.2, 0.25) is 0 Å². The van der Waals surface area contributed by atoms with Gasteiger partial charge in [-0.25, -0.2) is 4.79 Å². The number of benzene rings is 1. The molecule has 0 aliphatic heterocycles. The molecule has 6 nitrogen and oxygen atoms in total. The smallest absolute Gasteiger partial charge is 0.407 e. The van der Waals surface area contributed by atoms with Crippen molar-refractivity contribution in [2.24, 2.45) is 0 Å². The first-order chi connectivity index (χ1) is 13.6. The van der Waals surface area contributed by atoms with E-state index >= 15 is 0 Å². The molecule has 0 fully saturated rings. The van der Waals surface area contributed by atoms with Crippen LogP contribution in [0.15, 0.2) is 36.9 Å². The maximum Gasteiger partial charge on any atom is 0.407 e. The molecule has 0 heterocycles. The number of hydrogen-bond donors (Lipinski definition) is 1. The zero-order valence-corrected chi connectivity index (χ0v) is 18.9. The summed E-state index contributed by atoms with van der Waals surface area (Å²) in [6, 6.07) is 3.19. The summed E-state index contributed by atoms with van der Waals surface area (Å²) in [5.74, 6) is 0.773. The van der Waals surface area contributed by atoms with Crippen molar-refractivity contribution < 1.29 is 23.8 Å². The standard InChI is InChI=1S/C21H29NO5.C2H6/c1-8-9-10-17(23)16-13-18(25-6)15(12-19(16)26-7)11-14(2)22-20(24)27-21(3,4)5;1-2/h8-10,12-14H,1,11H2,2-7H3,(H,22,24);1-2H3/b10-9+;. The Labute approximate surface area is 174 Å². The second-order valence-corrected chi connectivity index (χ2v) is 7.07. The first-order valence-electron chi connectivity index (χ1n) is 9.69. The van der Waals surface area contributed by atoms with Gasteiger partial charge in [-0.2, -0.15) is 0 Å². The van der Waals surface area contributed by atoms with Crippen molar-refractivity contribution in [2.45, 2.75) is 59.6 Å². The van der Waals surface area contributed by atoms with E-state index in [0.717, 1.165) is 5.56 Å². The van der Waals surface area contributed by atoms with E-state index in [1.54, 1.807) is 18.2 Å². The third-order valence-electron chi connectivity index (χ3n) is 3.54. The Hall–Kier alpha value is -2.76. The van der Waals surface area contributed by atoms with Gasteiger partial charge in [0.15, 0.2) is 5.78 Å². The quantitative estimate of drug-likeness (QED) is 0.369. The van der Waals surface area contributed by atoms with Gasteiger partial charge >= 0.3 is 6.09 Å². The molecule has 0 aliphatic rings. The van der Waals surface area contributed by atoms with Gasteiger partial charge in [-0.1, -0.05) is 32.6 Å². The van der Waals surface area contributed by atoms with Gasteiger partial charge in [0.05, 0.1) is 19.8 Å². The van der Waals surface area contributed by atoms with Crippen LogP contribution in [0.3, 0.4) is 0 Å². The molecule has 0 radical (unpaired) electrons. The number of nitrogens with one attached hydrogen (secondary N) is 1. The van der Waals surface area contributed by atoms with Crippen molar-refractivity contribution >= 4 is 11.9 Å². The first kappa shape index (κ1) is 26.2. The van der Waals surface area contributed by atoms with Crippen molar-refractivity contribution in [1.82, 2.24) is 5.32 Å². The SMILES string of the molecule is C=C/C=C/C(=O)c1cc(OC)c(CC(C)NC(=O)OC(C)(C)C)cc1OC.CC. The van der Waals surface area contributed by atoms with Crippen LogP contribution in [0.25, 0.3) is 0 Å². The van der Waals surface area contributed by atoms with Gasteiger partial charge in [-0.15, -0.1) is 0 Å². The number of alkyl carbamates (subject to hydrolysis) is 1. The van der Waals surface area contributed by atoms with Crippen molar-refractivity contribution in [3.8, 4) is 11.5 Å². The lowest BCUT2D eigenvalue weighted by molar-refractivity contribution is 0.0508. The monoisotopic (exact) mass is 405 g/mol. The van der Waals surface area contributed by atoms with Crippen LogP contribution in [0.5, 0.6) is 11.5 Å². The Morgan fingerprint density at radius 3 is 2.21 bits per heavy atom. The minimum atomic E-state index is -0.564. The molecule has 6 heteroatoms. The highest BCUT2D eigenvalue weighted by atomic mass is 16.6. The zero-order valence-electron chi connectivity index (χ0n) is 18.9. The zero-order chi connectivity index (χ0) is 22.6. The predicted molar refractivity (Wildman–Crippen MR) is 117 cm³/mol. The van der Waals surface area contributed by atoms with Crippen LogP contribution in [-0.2, 0) is 11.2 Å². The molecule has 1 N–H and O–H groups in total. The number of carbonyl (C=O) groups excluding carboxylic acids is 2. The molecule has 1 aromatic rings. The molecule has 162 valence electrons. The van der Waals surface area contributed by atoms with Gasteiger partial charge < -0.3 is 19.5 Å². The van der Waals surface area contributed by atoms with E-state index < -0.39 is 11.7 Å². The maximum absolute atomic E-state index is 12.3. The van der Waals surface area contributed by atoms with Crippen LogP contribution in [-0.4, -0.2) is 37.7 Å². The first-order valence-corrected chi connectivity index (χ1v) is 9.69. The predicted octanol–water partition coefficient (Wildman–Crippen LogP) is 5.11. The van der Waals surface area contributed by atoms with Crippen LogP contribution < -0.4 is 14.8 Å². The van der Waals surface area contributed by atoms with E-state index in [1.807, 2.05) is 41.5 Å². The fourth-order valence-electron chi connectivity index (χ4n) is 2.45. The van der Waals surface area contributed by atoms with Crippen LogP contribution >= 0.6 is 0 Å². The summed E-state index contributed by atoms with van der Waals surface area (Å²) in [5, 5.41) is 2.79. The fraction of sp³-hybridized carbons (Fsp3) is 0.478. The lowest BCUT2D eigenvalue weighted by Crippen LogP contribution is -2.38. The van der Waals surface area contributed by atoms with E-state index in [0.29, 0.717) is 23.5 Å². The van der Waals surface area contributed by atoms with Crippen molar-refractivity contribution in [1.29, 1.82) is 0 Å². The Kier molecular flexibility index (Phi) is 11.4. The molecule has 0 saturated heterocycles. The minimum absolute atomic E-state index is 0.208. The molecule has 1 aromatic carbocycles. The number of amides is 1. The molecule has 0 aromatic heterocycles. The molecule has 1 rings (SSSR count). The summed E-state index contributed by atoms with van der Waals surface area (Å²) in [6.45, 7) is 14.8. The minimum Gasteiger partial charge on any atom is -0.496 e. The van der Waals surface area contributed by atoms with E-state index in [1.165, 1.54) is 26.4 Å². The largest absolute Gasteiger partial charge is 0.496 e. The number of carbonyl (C=O) groups is 2. The second-order valence-electron chi connectivity index (χ2n) is 7.07. The topological polar surface area (TPSA) is 73.9 Å².